The van der Waals surface area contributed by atoms with Crippen molar-refractivity contribution < 1.29 is 22.7 Å². The molecule has 18 heavy (non-hydrogen) atoms. The average Bonchev–Trinajstić information content (AvgIpc) is 2.26. The van der Waals surface area contributed by atoms with Crippen LogP contribution in [0.2, 0.25) is 0 Å². The molecule has 0 amide bonds. The molecule has 1 atom stereocenters. The molecule has 0 saturated heterocycles. The highest BCUT2D eigenvalue weighted by Gasteiger charge is 2.17. The molecule has 0 heterocycles. The molecule has 1 rings (SSSR count). The number of sulfonamides is 1. The predicted octanol–water partition coefficient (Wildman–Crippen LogP) is 1.36. The zero-order valence-corrected chi connectivity index (χ0v) is 10.6. The van der Waals surface area contributed by atoms with Gasteiger partial charge in [0.25, 0.3) is 0 Å². The van der Waals surface area contributed by atoms with E-state index in [1.165, 1.54) is 0 Å². The number of carbonyl (C=O) groups is 1. The Morgan fingerprint density at radius 3 is 2.44 bits per heavy atom. The van der Waals surface area contributed by atoms with Crippen LogP contribution in [0.15, 0.2) is 29.2 Å². The van der Waals surface area contributed by atoms with Gasteiger partial charge in [-0.25, -0.2) is 17.5 Å². The third kappa shape index (κ3) is 4.42. The summed E-state index contributed by atoms with van der Waals surface area (Å²) in [4.78, 5) is 10.3. The molecule has 2 N–H and O–H groups in total. The maximum Gasteiger partial charge on any atom is 0.303 e. The van der Waals surface area contributed by atoms with E-state index in [2.05, 4.69) is 4.72 Å². The summed E-state index contributed by atoms with van der Waals surface area (Å²) in [6, 6.07) is 3.91. The molecule has 0 radical (unpaired) electrons. The quantitative estimate of drug-likeness (QED) is 0.821. The minimum Gasteiger partial charge on any atom is -0.481 e. The van der Waals surface area contributed by atoms with Crippen LogP contribution in [-0.4, -0.2) is 25.5 Å². The van der Waals surface area contributed by atoms with Crippen LogP contribution in [-0.2, 0) is 14.8 Å². The second kappa shape index (κ2) is 5.92. The van der Waals surface area contributed by atoms with Gasteiger partial charge in [-0.05, 0) is 37.6 Å². The molecule has 100 valence electrons. The van der Waals surface area contributed by atoms with Crippen LogP contribution in [0.1, 0.15) is 19.8 Å². The van der Waals surface area contributed by atoms with E-state index in [9.17, 15) is 17.6 Å². The molecule has 1 aromatic carbocycles. The van der Waals surface area contributed by atoms with Crippen LogP contribution in [0, 0.1) is 5.82 Å². The molecule has 0 aliphatic heterocycles. The molecule has 0 saturated carbocycles. The highest BCUT2D eigenvalue weighted by molar-refractivity contribution is 7.89. The number of aliphatic carboxylic acids is 1. The maximum atomic E-state index is 12.7. The number of hydrogen-bond acceptors (Lipinski definition) is 3. The van der Waals surface area contributed by atoms with Crippen LogP contribution < -0.4 is 4.72 Å². The predicted molar refractivity (Wildman–Crippen MR) is 63.1 cm³/mol. The fourth-order valence-electron chi connectivity index (χ4n) is 1.35. The number of carboxylic acids is 1. The van der Waals surface area contributed by atoms with Crippen molar-refractivity contribution in [1.29, 1.82) is 0 Å². The highest BCUT2D eigenvalue weighted by atomic mass is 32.2. The van der Waals surface area contributed by atoms with Gasteiger partial charge < -0.3 is 5.11 Å². The van der Waals surface area contributed by atoms with Crippen molar-refractivity contribution >= 4 is 16.0 Å². The van der Waals surface area contributed by atoms with E-state index >= 15 is 0 Å². The molecular formula is C11H14FNO4S. The zero-order valence-electron chi connectivity index (χ0n) is 9.76. The lowest BCUT2D eigenvalue weighted by Crippen LogP contribution is -2.33. The first-order valence-electron chi connectivity index (χ1n) is 5.31. The Balaban J connectivity index is 2.70. The largest absolute Gasteiger partial charge is 0.481 e. The number of hydrogen-bond donors (Lipinski definition) is 2. The Kier molecular flexibility index (Phi) is 4.80. The van der Waals surface area contributed by atoms with Gasteiger partial charge in [-0.2, -0.15) is 0 Å². The summed E-state index contributed by atoms with van der Waals surface area (Å²) in [5, 5.41) is 8.49. The van der Waals surface area contributed by atoms with Gasteiger partial charge in [0.1, 0.15) is 5.82 Å². The third-order valence-electron chi connectivity index (χ3n) is 2.27. The van der Waals surface area contributed by atoms with Gasteiger partial charge in [-0.1, -0.05) is 0 Å². The van der Waals surface area contributed by atoms with Crippen molar-refractivity contribution in [3.63, 3.8) is 0 Å². The molecule has 5 nitrogen and oxygen atoms in total. The number of halogens is 1. The number of rotatable bonds is 6. The van der Waals surface area contributed by atoms with Crippen molar-refractivity contribution in [2.24, 2.45) is 0 Å². The Morgan fingerprint density at radius 2 is 1.94 bits per heavy atom. The van der Waals surface area contributed by atoms with E-state index in [4.69, 9.17) is 5.11 Å². The second-order valence-corrected chi connectivity index (χ2v) is 5.62. The number of carboxylic acid groups (broad SMARTS) is 1. The Morgan fingerprint density at radius 1 is 1.39 bits per heavy atom. The van der Waals surface area contributed by atoms with Gasteiger partial charge >= 0.3 is 5.97 Å². The normalized spacial score (nSPS) is 13.2. The number of benzene rings is 1. The number of nitrogens with one attached hydrogen (secondary N) is 1. The SMILES string of the molecule is CC(CCC(=O)O)NS(=O)(=O)c1ccc(F)cc1. The Labute approximate surface area is 105 Å². The van der Waals surface area contributed by atoms with Crippen LogP contribution in [0.3, 0.4) is 0 Å². The van der Waals surface area contributed by atoms with E-state index in [0.717, 1.165) is 24.3 Å². The molecule has 1 aromatic rings. The first-order valence-corrected chi connectivity index (χ1v) is 6.79. The van der Waals surface area contributed by atoms with Crippen LogP contribution in [0.25, 0.3) is 0 Å². The lowest BCUT2D eigenvalue weighted by atomic mass is 10.2. The molecule has 0 fully saturated rings. The van der Waals surface area contributed by atoms with Crippen molar-refractivity contribution in [2.45, 2.75) is 30.7 Å². The highest BCUT2D eigenvalue weighted by Crippen LogP contribution is 2.11. The second-order valence-electron chi connectivity index (χ2n) is 3.91. The summed E-state index contributed by atoms with van der Waals surface area (Å²) in [5.41, 5.74) is 0. The molecule has 1 unspecified atom stereocenters. The van der Waals surface area contributed by atoms with Gasteiger partial charge in [0, 0.05) is 12.5 Å². The van der Waals surface area contributed by atoms with Crippen molar-refractivity contribution in [3.8, 4) is 0 Å². The first kappa shape index (κ1) is 14.6. The van der Waals surface area contributed by atoms with Gasteiger partial charge in [-0.15, -0.1) is 0 Å². The molecule has 0 aromatic heterocycles. The standard InChI is InChI=1S/C11H14FNO4S/c1-8(2-7-11(14)15)13-18(16,17)10-5-3-9(12)4-6-10/h3-6,8,13H,2,7H2,1H3,(H,14,15). The molecule has 0 aliphatic carbocycles. The summed E-state index contributed by atoms with van der Waals surface area (Å²) >= 11 is 0. The summed E-state index contributed by atoms with van der Waals surface area (Å²) in [6.07, 6.45) is 0.0723. The lowest BCUT2D eigenvalue weighted by molar-refractivity contribution is -0.137. The minimum absolute atomic E-state index is 0.0499. The molecule has 0 bridgehead atoms. The van der Waals surface area contributed by atoms with E-state index in [1.807, 2.05) is 0 Å². The van der Waals surface area contributed by atoms with E-state index in [0.29, 0.717) is 0 Å². The summed E-state index contributed by atoms with van der Waals surface area (Å²) in [6.45, 7) is 1.57. The first-order chi connectivity index (χ1) is 8.31. The van der Waals surface area contributed by atoms with Crippen molar-refractivity contribution in [3.05, 3.63) is 30.1 Å². The Bertz CT molecular complexity index is 512. The molecular weight excluding hydrogens is 261 g/mol. The zero-order chi connectivity index (χ0) is 13.8. The van der Waals surface area contributed by atoms with E-state index in [1.54, 1.807) is 6.92 Å². The fraction of sp³-hybridized carbons (Fsp3) is 0.364. The topological polar surface area (TPSA) is 83.5 Å². The van der Waals surface area contributed by atoms with Crippen molar-refractivity contribution in [1.82, 2.24) is 4.72 Å². The minimum atomic E-state index is -3.73. The van der Waals surface area contributed by atoms with E-state index in [-0.39, 0.29) is 17.7 Å². The summed E-state index contributed by atoms with van der Waals surface area (Å²) in [5.74, 6) is -1.50. The van der Waals surface area contributed by atoms with Crippen LogP contribution in [0.5, 0.6) is 0 Å². The van der Waals surface area contributed by atoms with Gasteiger partial charge in [0.05, 0.1) is 4.90 Å². The maximum absolute atomic E-state index is 12.7. The monoisotopic (exact) mass is 275 g/mol. The van der Waals surface area contributed by atoms with E-state index < -0.39 is 27.9 Å². The van der Waals surface area contributed by atoms with Crippen LogP contribution in [0.4, 0.5) is 4.39 Å². The van der Waals surface area contributed by atoms with Gasteiger partial charge in [0.2, 0.25) is 10.0 Å². The lowest BCUT2D eigenvalue weighted by Gasteiger charge is -2.13. The smallest absolute Gasteiger partial charge is 0.303 e. The fourth-order valence-corrected chi connectivity index (χ4v) is 2.62. The Hall–Kier alpha value is -1.47. The third-order valence-corrected chi connectivity index (χ3v) is 3.88. The molecule has 0 aliphatic rings. The summed E-state index contributed by atoms with van der Waals surface area (Å²) < 4.78 is 38.6. The average molecular weight is 275 g/mol. The van der Waals surface area contributed by atoms with Crippen LogP contribution >= 0.6 is 0 Å². The molecule has 0 spiro atoms. The van der Waals surface area contributed by atoms with Gasteiger partial charge in [0.15, 0.2) is 0 Å². The van der Waals surface area contributed by atoms with Crippen molar-refractivity contribution in [2.75, 3.05) is 0 Å². The van der Waals surface area contributed by atoms with Gasteiger partial charge in [-0.3, -0.25) is 4.79 Å². The molecule has 7 heteroatoms. The summed E-state index contributed by atoms with van der Waals surface area (Å²) in [7, 11) is -3.73.